The Morgan fingerprint density at radius 3 is 1.42 bits per heavy atom. The average molecular weight is 665 g/mol. The lowest BCUT2D eigenvalue weighted by Crippen LogP contribution is -2.24. The topological polar surface area (TPSA) is 16.3 Å². The van der Waals surface area contributed by atoms with Crippen LogP contribution in [0.4, 0.5) is 34.1 Å². The Hall–Kier alpha value is -7.04. The van der Waals surface area contributed by atoms with Crippen molar-refractivity contribution in [1.29, 1.82) is 0 Å². The largest absolute Gasteiger partial charge is 0.309 e. The summed E-state index contributed by atoms with van der Waals surface area (Å²) in [6.07, 6.45) is 0. The molecule has 0 saturated heterocycles. The van der Waals surface area contributed by atoms with Crippen LogP contribution in [0.2, 0.25) is 0 Å². The van der Waals surface area contributed by atoms with E-state index in [2.05, 4.69) is 213 Å². The van der Waals surface area contributed by atoms with Gasteiger partial charge in [-0.05, 0) is 84.9 Å². The molecule has 10 aromatic rings. The molecule has 1 aliphatic rings. The molecule has 244 valence electrons. The van der Waals surface area contributed by atoms with Crippen LogP contribution in [0.25, 0.3) is 55.0 Å². The van der Waals surface area contributed by atoms with Crippen molar-refractivity contribution < 1.29 is 0 Å². The van der Waals surface area contributed by atoms with Gasteiger partial charge in [0.1, 0.15) is 0 Å². The molecule has 0 saturated carbocycles. The van der Waals surface area contributed by atoms with Crippen LogP contribution >= 0.6 is 0 Å². The molecule has 0 radical (unpaired) electrons. The van der Waals surface area contributed by atoms with E-state index < -0.39 is 0 Å². The Labute approximate surface area is 301 Å². The SMILES string of the molecule is c1ccc(N2c3ccccc3N(c3ccccc3)c3cc(-n4c5ccccc5c5c4ccc4c6ccccc6n(-c6ccccc6)c45)ccc32)cc1. The Morgan fingerprint density at radius 2 is 0.769 bits per heavy atom. The van der Waals surface area contributed by atoms with Gasteiger partial charge in [0.25, 0.3) is 0 Å². The van der Waals surface area contributed by atoms with Crippen molar-refractivity contribution in [3.63, 3.8) is 0 Å². The van der Waals surface area contributed by atoms with Crippen LogP contribution in [-0.4, -0.2) is 9.13 Å². The Balaban J connectivity index is 1.23. The summed E-state index contributed by atoms with van der Waals surface area (Å²) in [6, 6.07) is 70.1. The lowest BCUT2D eigenvalue weighted by atomic mass is 10.0. The number of anilines is 6. The van der Waals surface area contributed by atoms with Crippen LogP contribution in [-0.2, 0) is 0 Å². The van der Waals surface area contributed by atoms with Gasteiger partial charge >= 0.3 is 0 Å². The zero-order valence-corrected chi connectivity index (χ0v) is 28.3. The van der Waals surface area contributed by atoms with Crippen LogP contribution in [0, 0.1) is 0 Å². The van der Waals surface area contributed by atoms with Gasteiger partial charge in [0.2, 0.25) is 0 Å². The van der Waals surface area contributed by atoms with Gasteiger partial charge < -0.3 is 18.9 Å². The number of para-hydroxylation sites is 7. The number of hydrogen-bond acceptors (Lipinski definition) is 2. The summed E-state index contributed by atoms with van der Waals surface area (Å²) in [7, 11) is 0. The average Bonchev–Trinajstić information content (AvgIpc) is 3.74. The molecule has 0 bridgehead atoms. The van der Waals surface area contributed by atoms with Crippen molar-refractivity contribution in [3.05, 3.63) is 194 Å². The molecular formula is C48H32N4. The predicted octanol–water partition coefficient (Wildman–Crippen LogP) is 13.1. The third-order valence-corrected chi connectivity index (χ3v) is 10.6. The lowest BCUT2D eigenvalue weighted by Gasteiger charge is -2.40. The standard InChI is InChI=1S/C48H32N4/c1-4-16-33(17-5-1)49-42-26-14-15-27-43(42)50(34-18-6-2-7-19-34)46-32-36(28-30-44(46)49)51-41-25-13-11-23-39(41)47-45(51)31-29-38-37-22-10-12-24-40(37)52(48(38)47)35-20-8-3-9-21-35/h1-32H. The van der Waals surface area contributed by atoms with Crippen molar-refractivity contribution >= 4 is 77.7 Å². The number of rotatable bonds is 4. The van der Waals surface area contributed by atoms with E-state index in [1.807, 2.05) is 0 Å². The lowest BCUT2D eigenvalue weighted by molar-refractivity contribution is 1.13. The number of fused-ring (bicyclic) bond motifs is 9. The Kier molecular flexibility index (Phi) is 6.22. The minimum absolute atomic E-state index is 1.11. The zero-order valence-electron chi connectivity index (χ0n) is 28.3. The maximum Gasteiger partial charge on any atom is 0.0724 e. The zero-order chi connectivity index (χ0) is 34.2. The Morgan fingerprint density at radius 1 is 0.269 bits per heavy atom. The molecule has 52 heavy (non-hydrogen) atoms. The monoisotopic (exact) mass is 664 g/mol. The van der Waals surface area contributed by atoms with Gasteiger partial charge in [-0.2, -0.15) is 0 Å². The van der Waals surface area contributed by atoms with E-state index in [0.29, 0.717) is 0 Å². The van der Waals surface area contributed by atoms with E-state index in [9.17, 15) is 0 Å². The molecule has 0 fully saturated rings. The fourth-order valence-corrected chi connectivity index (χ4v) is 8.46. The molecule has 4 heteroatoms. The molecule has 0 spiro atoms. The van der Waals surface area contributed by atoms with Gasteiger partial charge in [-0.15, -0.1) is 0 Å². The first kappa shape index (κ1) is 28.8. The molecule has 1 aliphatic heterocycles. The van der Waals surface area contributed by atoms with E-state index in [0.717, 1.165) is 45.5 Å². The highest BCUT2D eigenvalue weighted by atomic mass is 15.3. The highest BCUT2D eigenvalue weighted by Crippen LogP contribution is 2.55. The second-order valence-corrected chi connectivity index (χ2v) is 13.4. The van der Waals surface area contributed by atoms with Crippen LogP contribution in [0.3, 0.4) is 0 Å². The van der Waals surface area contributed by atoms with Gasteiger partial charge in [-0.1, -0.05) is 109 Å². The third kappa shape index (κ3) is 4.09. The molecule has 4 nitrogen and oxygen atoms in total. The van der Waals surface area contributed by atoms with Crippen molar-refractivity contribution in [2.45, 2.75) is 0 Å². The molecule has 11 rings (SSSR count). The predicted molar refractivity (Wildman–Crippen MR) is 218 cm³/mol. The van der Waals surface area contributed by atoms with Crippen LogP contribution < -0.4 is 9.80 Å². The number of nitrogens with zero attached hydrogens (tertiary/aromatic N) is 4. The fraction of sp³-hybridized carbons (Fsp3) is 0. The van der Waals surface area contributed by atoms with Gasteiger partial charge in [0.15, 0.2) is 0 Å². The van der Waals surface area contributed by atoms with Gasteiger partial charge in [0.05, 0.1) is 44.8 Å². The smallest absolute Gasteiger partial charge is 0.0724 e. The van der Waals surface area contributed by atoms with Gasteiger partial charge in [0, 0.05) is 44.3 Å². The summed E-state index contributed by atoms with van der Waals surface area (Å²) in [4.78, 5) is 4.80. The highest BCUT2D eigenvalue weighted by Gasteiger charge is 2.31. The van der Waals surface area contributed by atoms with Crippen molar-refractivity contribution in [3.8, 4) is 11.4 Å². The molecule has 2 aromatic heterocycles. The maximum absolute atomic E-state index is 2.45. The molecule has 0 aliphatic carbocycles. The number of benzene rings is 8. The van der Waals surface area contributed by atoms with Gasteiger partial charge in [-0.25, -0.2) is 0 Å². The molecule has 0 N–H and O–H groups in total. The van der Waals surface area contributed by atoms with Crippen LogP contribution in [0.15, 0.2) is 194 Å². The molecular weight excluding hydrogens is 633 g/mol. The van der Waals surface area contributed by atoms with Crippen LogP contribution in [0.5, 0.6) is 0 Å². The molecule has 0 amide bonds. The summed E-state index contributed by atoms with van der Waals surface area (Å²) < 4.78 is 4.90. The first-order chi connectivity index (χ1) is 25.8. The first-order valence-electron chi connectivity index (χ1n) is 17.8. The van der Waals surface area contributed by atoms with Crippen molar-refractivity contribution in [1.82, 2.24) is 9.13 Å². The van der Waals surface area contributed by atoms with E-state index in [1.54, 1.807) is 0 Å². The molecule has 0 atom stereocenters. The van der Waals surface area contributed by atoms with Gasteiger partial charge in [-0.3, -0.25) is 0 Å². The summed E-state index contributed by atoms with van der Waals surface area (Å²) in [6.45, 7) is 0. The van der Waals surface area contributed by atoms with Crippen molar-refractivity contribution in [2.75, 3.05) is 9.80 Å². The quantitative estimate of drug-likeness (QED) is 0.186. The van der Waals surface area contributed by atoms with Crippen LogP contribution in [0.1, 0.15) is 0 Å². The summed E-state index contributed by atoms with van der Waals surface area (Å²) in [5.41, 5.74) is 13.8. The van der Waals surface area contributed by atoms with E-state index in [4.69, 9.17) is 0 Å². The first-order valence-corrected chi connectivity index (χ1v) is 17.8. The number of aromatic nitrogens is 2. The summed E-state index contributed by atoms with van der Waals surface area (Å²) in [5.74, 6) is 0. The van der Waals surface area contributed by atoms with E-state index in [1.165, 1.54) is 43.6 Å². The summed E-state index contributed by atoms with van der Waals surface area (Å²) in [5, 5.41) is 5.00. The van der Waals surface area contributed by atoms with E-state index in [-0.39, 0.29) is 0 Å². The highest BCUT2D eigenvalue weighted by molar-refractivity contribution is 6.26. The maximum atomic E-state index is 2.45. The second-order valence-electron chi connectivity index (χ2n) is 13.4. The minimum Gasteiger partial charge on any atom is -0.309 e. The molecule has 8 aromatic carbocycles. The van der Waals surface area contributed by atoms with E-state index >= 15 is 0 Å². The van der Waals surface area contributed by atoms with Crippen molar-refractivity contribution in [2.24, 2.45) is 0 Å². The second kappa shape index (κ2) is 11.2. The minimum atomic E-state index is 1.11. The Bertz CT molecular complexity index is 2960. The third-order valence-electron chi connectivity index (χ3n) is 10.6. The fourth-order valence-electron chi connectivity index (χ4n) is 8.46. The normalized spacial score (nSPS) is 12.5. The molecule has 3 heterocycles. The number of hydrogen-bond donors (Lipinski definition) is 0. The summed E-state index contributed by atoms with van der Waals surface area (Å²) >= 11 is 0. The molecule has 0 unspecified atom stereocenters.